The lowest BCUT2D eigenvalue weighted by Crippen LogP contribution is -2.45. The molecule has 0 unspecified atom stereocenters. The van der Waals surface area contributed by atoms with Crippen LogP contribution in [0, 0.1) is 6.92 Å². The zero-order valence-corrected chi connectivity index (χ0v) is 17.2. The van der Waals surface area contributed by atoms with Crippen LogP contribution in [0.2, 0.25) is 0 Å². The Labute approximate surface area is 166 Å². The van der Waals surface area contributed by atoms with Gasteiger partial charge in [0.05, 0.1) is 17.6 Å². The molecule has 0 aliphatic carbocycles. The summed E-state index contributed by atoms with van der Waals surface area (Å²) in [5.41, 5.74) is 2.96. The van der Waals surface area contributed by atoms with Crippen LogP contribution in [0.4, 0.5) is 5.69 Å². The van der Waals surface area contributed by atoms with E-state index < -0.39 is 0 Å². The van der Waals surface area contributed by atoms with Crippen LogP contribution in [0.15, 0.2) is 52.1 Å². The summed E-state index contributed by atoms with van der Waals surface area (Å²) in [6.45, 7) is 7.95. The molecule has 0 spiro atoms. The van der Waals surface area contributed by atoms with E-state index in [1.807, 2.05) is 25.3 Å². The highest BCUT2D eigenvalue weighted by Gasteiger charge is 2.22. The van der Waals surface area contributed by atoms with Crippen LogP contribution in [0.5, 0.6) is 0 Å². The molecule has 0 bridgehead atoms. The van der Waals surface area contributed by atoms with Crippen molar-refractivity contribution in [2.24, 2.45) is 0 Å². The lowest BCUT2D eigenvalue weighted by atomic mass is 10.1. The second-order valence-corrected chi connectivity index (χ2v) is 8.06. The Bertz CT molecular complexity index is 1040. The van der Waals surface area contributed by atoms with Gasteiger partial charge in [0.25, 0.3) is 5.56 Å². The molecule has 1 aromatic carbocycles. The van der Waals surface area contributed by atoms with Crippen LogP contribution in [0.25, 0.3) is 16.5 Å². The van der Waals surface area contributed by atoms with Gasteiger partial charge in [-0.15, -0.1) is 0 Å². The average Bonchev–Trinajstić information content (AvgIpc) is 2.64. The summed E-state index contributed by atoms with van der Waals surface area (Å²) < 4.78 is 8.35. The van der Waals surface area contributed by atoms with Crippen LogP contribution in [0.1, 0.15) is 19.4 Å². The van der Waals surface area contributed by atoms with Gasteiger partial charge in [0.15, 0.2) is 0 Å². The number of pyridine rings is 2. The fraction of sp³-hybridized carbons (Fsp3) is 0.333. The maximum atomic E-state index is 13.0. The van der Waals surface area contributed by atoms with Gasteiger partial charge in [-0.3, -0.25) is 14.3 Å². The van der Waals surface area contributed by atoms with E-state index in [4.69, 9.17) is 4.74 Å². The predicted molar refractivity (Wildman–Crippen MR) is 112 cm³/mol. The van der Waals surface area contributed by atoms with Crippen molar-refractivity contribution in [1.29, 1.82) is 0 Å². The number of aryl methyl sites for hydroxylation is 1. The van der Waals surface area contributed by atoms with Crippen molar-refractivity contribution in [3.8, 4) is 5.69 Å². The molecule has 0 N–H and O–H groups in total. The third kappa shape index (κ3) is 3.39. The number of morpholine rings is 1. The van der Waals surface area contributed by atoms with Gasteiger partial charge in [-0.1, -0.05) is 0 Å². The highest BCUT2D eigenvalue weighted by atomic mass is 79.9. The van der Waals surface area contributed by atoms with Gasteiger partial charge in [-0.25, -0.2) is 0 Å². The first-order valence-corrected chi connectivity index (χ1v) is 9.89. The van der Waals surface area contributed by atoms with E-state index in [-0.39, 0.29) is 17.8 Å². The quantitative estimate of drug-likeness (QED) is 0.618. The lowest BCUT2D eigenvalue weighted by molar-refractivity contribution is -0.00521. The minimum Gasteiger partial charge on any atom is -0.372 e. The highest BCUT2D eigenvalue weighted by Crippen LogP contribution is 2.25. The molecular formula is C21H22BrN3O2. The maximum Gasteiger partial charge on any atom is 0.264 e. The number of fused-ring (bicyclic) bond motifs is 1. The van der Waals surface area contributed by atoms with Crippen LogP contribution in [0.3, 0.4) is 0 Å². The molecule has 0 saturated carbocycles. The molecule has 6 heteroatoms. The number of aromatic nitrogens is 2. The van der Waals surface area contributed by atoms with E-state index in [1.54, 1.807) is 17.0 Å². The number of nitrogens with zero attached hydrogens (tertiary/aromatic N) is 3. The summed E-state index contributed by atoms with van der Waals surface area (Å²) in [5, 5.41) is 1.53. The molecule has 3 aromatic rings. The van der Waals surface area contributed by atoms with Gasteiger partial charge in [0.2, 0.25) is 0 Å². The number of anilines is 1. The van der Waals surface area contributed by atoms with Crippen molar-refractivity contribution < 1.29 is 4.74 Å². The van der Waals surface area contributed by atoms with Crippen molar-refractivity contribution in [2.75, 3.05) is 18.0 Å². The van der Waals surface area contributed by atoms with E-state index in [0.717, 1.165) is 39.9 Å². The second kappa shape index (κ2) is 7.09. The molecule has 0 radical (unpaired) electrons. The number of ether oxygens (including phenoxy) is 1. The molecule has 1 fully saturated rings. The Hall–Kier alpha value is -2.18. The Kier molecular flexibility index (Phi) is 4.78. The van der Waals surface area contributed by atoms with E-state index in [0.29, 0.717) is 5.39 Å². The van der Waals surface area contributed by atoms with Crippen molar-refractivity contribution >= 4 is 32.4 Å². The molecule has 1 aliphatic rings. The average molecular weight is 428 g/mol. The first-order valence-electron chi connectivity index (χ1n) is 9.10. The summed E-state index contributed by atoms with van der Waals surface area (Å²) in [4.78, 5) is 19.5. The van der Waals surface area contributed by atoms with Crippen molar-refractivity contribution in [3.05, 3.63) is 63.2 Å². The van der Waals surface area contributed by atoms with E-state index in [2.05, 4.69) is 51.8 Å². The zero-order valence-electron chi connectivity index (χ0n) is 15.6. The molecule has 140 valence electrons. The van der Waals surface area contributed by atoms with Gasteiger partial charge in [0.1, 0.15) is 0 Å². The maximum absolute atomic E-state index is 13.0. The molecule has 1 saturated heterocycles. The Morgan fingerprint density at radius 2 is 1.70 bits per heavy atom. The Balaban J connectivity index is 1.73. The summed E-state index contributed by atoms with van der Waals surface area (Å²) >= 11 is 3.50. The van der Waals surface area contributed by atoms with E-state index >= 15 is 0 Å². The molecule has 3 heterocycles. The molecule has 27 heavy (non-hydrogen) atoms. The second-order valence-electron chi connectivity index (χ2n) is 7.21. The third-order valence-corrected chi connectivity index (χ3v) is 5.58. The van der Waals surface area contributed by atoms with Crippen LogP contribution >= 0.6 is 15.9 Å². The SMILES string of the molecule is Cc1cn(-c2ccc(N3C[C@@H](C)O[C@@H](C)C3)cc2)c(=O)c2cncc(Br)c12. The van der Waals surface area contributed by atoms with E-state index in [9.17, 15) is 4.79 Å². The van der Waals surface area contributed by atoms with Crippen LogP contribution in [-0.4, -0.2) is 34.8 Å². The largest absolute Gasteiger partial charge is 0.372 e. The summed E-state index contributed by atoms with van der Waals surface area (Å²) in [6.07, 6.45) is 5.67. The molecular weight excluding hydrogens is 406 g/mol. The smallest absolute Gasteiger partial charge is 0.264 e. The zero-order chi connectivity index (χ0) is 19.1. The number of halogens is 1. The number of hydrogen-bond acceptors (Lipinski definition) is 4. The first kappa shape index (κ1) is 18.2. The predicted octanol–water partition coefficient (Wildman–Crippen LogP) is 4.07. The van der Waals surface area contributed by atoms with Gasteiger partial charge in [-0.2, -0.15) is 0 Å². The molecule has 2 aromatic heterocycles. The summed E-state index contributed by atoms with van der Waals surface area (Å²) in [7, 11) is 0. The Morgan fingerprint density at radius 1 is 1.07 bits per heavy atom. The molecule has 4 rings (SSSR count). The number of rotatable bonds is 2. The number of benzene rings is 1. The topological polar surface area (TPSA) is 47.4 Å². The standard InChI is InChI=1S/C21H22BrN3O2/c1-13-10-25(21(26)18-8-23-9-19(22)20(13)18)17-6-4-16(5-7-17)24-11-14(2)27-15(3)12-24/h4-10,14-15H,11-12H2,1-3H3/t14-,15+. The molecule has 0 amide bonds. The normalized spacial score (nSPS) is 20.2. The van der Waals surface area contributed by atoms with Gasteiger partial charge in [0, 0.05) is 52.9 Å². The lowest BCUT2D eigenvalue weighted by Gasteiger charge is -2.36. The van der Waals surface area contributed by atoms with Gasteiger partial charge < -0.3 is 9.64 Å². The summed E-state index contributed by atoms with van der Waals surface area (Å²) in [5.74, 6) is 0. The van der Waals surface area contributed by atoms with E-state index in [1.165, 1.54) is 0 Å². The fourth-order valence-corrected chi connectivity index (χ4v) is 4.49. The monoisotopic (exact) mass is 427 g/mol. The summed E-state index contributed by atoms with van der Waals surface area (Å²) in [6, 6.07) is 8.15. The molecule has 2 atom stereocenters. The minimum absolute atomic E-state index is 0.0641. The van der Waals surface area contributed by atoms with Crippen molar-refractivity contribution in [1.82, 2.24) is 9.55 Å². The van der Waals surface area contributed by atoms with Crippen molar-refractivity contribution in [2.45, 2.75) is 33.0 Å². The highest BCUT2D eigenvalue weighted by molar-refractivity contribution is 9.10. The molecule has 1 aliphatic heterocycles. The number of hydrogen-bond donors (Lipinski definition) is 0. The van der Waals surface area contributed by atoms with Gasteiger partial charge in [-0.05, 0) is 66.5 Å². The van der Waals surface area contributed by atoms with Crippen LogP contribution < -0.4 is 10.5 Å². The van der Waals surface area contributed by atoms with Gasteiger partial charge >= 0.3 is 0 Å². The van der Waals surface area contributed by atoms with Crippen molar-refractivity contribution in [3.63, 3.8) is 0 Å². The molecule has 5 nitrogen and oxygen atoms in total. The third-order valence-electron chi connectivity index (χ3n) is 4.98. The Morgan fingerprint density at radius 3 is 2.37 bits per heavy atom. The first-order chi connectivity index (χ1) is 12.9. The fourth-order valence-electron chi connectivity index (χ4n) is 3.85. The minimum atomic E-state index is -0.0641. The van der Waals surface area contributed by atoms with Crippen LogP contribution in [-0.2, 0) is 4.74 Å².